The first-order chi connectivity index (χ1) is 13.7. The maximum Gasteiger partial charge on any atom is 0.407 e. The van der Waals surface area contributed by atoms with Gasteiger partial charge in [0.1, 0.15) is 12.7 Å². The van der Waals surface area contributed by atoms with Gasteiger partial charge in [-0.2, -0.15) is 0 Å². The van der Waals surface area contributed by atoms with Crippen molar-refractivity contribution in [2.24, 2.45) is 0 Å². The second-order valence-electron chi connectivity index (χ2n) is 8.13. The van der Waals surface area contributed by atoms with Gasteiger partial charge in [0.25, 0.3) is 0 Å². The minimum atomic E-state index is -1.01. The number of aliphatic hydroxyl groups excluding tert-OH is 2. The lowest BCUT2D eigenvalue weighted by Crippen LogP contribution is -2.35. The molecule has 2 rings (SSSR count). The molecular weight excluding hydrogens is 368 g/mol. The molecule has 0 spiro atoms. The Labute approximate surface area is 172 Å². The minimum absolute atomic E-state index is 0.0314. The molecule has 0 aliphatic carbocycles. The van der Waals surface area contributed by atoms with Gasteiger partial charge in [-0.25, -0.2) is 4.79 Å². The summed E-state index contributed by atoms with van der Waals surface area (Å²) in [6, 6.07) is 16.9. The highest BCUT2D eigenvalue weighted by Gasteiger charge is 2.18. The molecule has 6 heteroatoms. The molecule has 0 heterocycles. The lowest BCUT2D eigenvalue weighted by atomic mass is 10.0. The van der Waals surface area contributed by atoms with Crippen LogP contribution in [0.25, 0.3) is 0 Å². The number of carbonyl (C=O) groups excluding carboxylic acids is 1. The first kappa shape index (κ1) is 22.9. The Balaban J connectivity index is 1.71. The zero-order valence-electron chi connectivity index (χ0n) is 17.4. The molecule has 1 amide bonds. The normalized spacial score (nSPS) is 13.6. The molecule has 0 aromatic heterocycles. The van der Waals surface area contributed by atoms with Gasteiger partial charge < -0.3 is 25.6 Å². The van der Waals surface area contributed by atoms with E-state index >= 15 is 0 Å². The van der Waals surface area contributed by atoms with E-state index < -0.39 is 18.3 Å². The van der Waals surface area contributed by atoms with Crippen molar-refractivity contribution in [2.75, 3.05) is 6.54 Å². The van der Waals surface area contributed by atoms with E-state index in [0.29, 0.717) is 5.56 Å². The van der Waals surface area contributed by atoms with Gasteiger partial charge >= 0.3 is 6.09 Å². The van der Waals surface area contributed by atoms with Crippen LogP contribution in [0, 0.1) is 0 Å². The molecule has 6 nitrogen and oxygen atoms in total. The van der Waals surface area contributed by atoms with Crippen LogP contribution in [-0.4, -0.2) is 34.5 Å². The lowest BCUT2D eigenvalue weighted by molar-refractivity contribution is 0.0136. The van der Waals surface area contributed by atoms with Gasteiger partial charge in [-0.15, -0.1) is 0 Å². The summed E-state index contributed by atoms with van der Waals surface area (Å²) in [4.78, 5) is 11.7. The van der Waals surface area contributed by atoms with E-state index in [2.05, 4.69) is 31.4 Å². The summed E-state index contributed by atoms with van der Waals surface area (Å²) in [5.41, 5.74) is 2.68. The van der Waals surface area contributed by atoms with Crippen LogP contribution in [0.15, 0.2) is 54.6 Å². The highest BCUT2D eigenvalue weighted by Crippen LogP contribution is 2.19. The summed E-state index contributed by atoms with van der Waals surface area (Å²) in [6.07, 6.45) is -2.33. The molecule has 158 valence electrons. The fraction of sp³-hybridized carbons (Fsp3) is 0.435. The predicted octanol–water partition coefficient (Wildman–Crippen LogP) is 3.29. The smallest absolute Gasteiger partial charge is 0.407 e. The number of amides is 1. The van der Waals surface area contributed by atoms with Crippen LogP contribution in [0.3, 0.4) is 0 Å². The molecule has 0 aliphatic rings. The molecule has 2 atom stereocenters. The first-order valence-electron chi connectivity index (χ1n) is 9.89. The average molecular weight is 401 g/mol. The number of aliphatic hydroxyl groups is 2. The van der Waals surface area contributed by atoms with Crippen LogP contribution in [0.2, 0.25) is 0 Å². The third-order valence-corrected chi connectivity index (χ3v) is 4.43. The molecule has 0 bridgehead atoms. The van der Waals surface area contributed by atoms with Crippen molar-refractivity contribution < 1.29 is 19.7 Å². The summed E-state index contributed by atoms with van der Waals surface area (Å²) < 4.78 is 5.11. The number of alkyl carbamates (subject to hydrolysis) is 1. The van der Waals surface area contributed by atoms with E-state index in [0.717, 1.165) is 17.7 Å². The van der Waals surface area contributed by atoms with Crippen molar-refractivity contribution in [3.8, 4) is 0 Å². The molecule has 2 aromatic rings. The summed E-state index contributed by atoms with van der Waals surface area (Å²) in [6.45, 7) is 7.44. The second-order valence-corrected chi connectivity index (χ2v) is 8.13. The quantitative estimate of drug-likeness (QED) is 0.519. The summed E-state index contributed by atoms with van der Waals surface area (Å²) >= 11 is 0. The second kappa shape index (κ2) is 11.0. The van der Waals surface area contributed by atoms with Gasteiger partial charge in [0, 0.05) is 18.6 Å². The Morgan fingerprint density at radius 3 is 2.28 bits per heavy atom. The van der Waals surface area contributed by atoms with Gasteiger partial charge in [-0.05, 0) is 43.9 Å². The summed E-state index contributed by atoms with van der Waals surface area (Å²) in [5, 5.41) is 26.6. The Bertz CT molecular complexity index is 742. The van der Waals surface area contributed by atoms with Crippen LogP contribution < -0.4 is 10.6 Å². The molecule has 0 saturated carbocycles. The van der Waals surface area contributed by atoms with E-state index in [1.165, 1.54) is 0 Å². The number of carbonyl (C=O) groups is 1. The molecule has 29 heavy (non-hydrogen) atoms. The zero-order valence-corrected chi connectivity index (χ0v) is 17.4. The van der Waals surface area contributed by atoms with E-state index in [1.807, 2.05) is 54.6 Å². The Hall–Kier alpha value is -2.41. The van der Waals surface area contributed by atoms with Crippen molar-refractivity contribution >= 4 is 6.09 Å². The monoisotopic (exact) mass is 400 g/mol. The average Bonchev–Trinajstić information content (AvgIpc) is 2.70. The van der Waals surface area contributed by atoms with E-state index in [1.54, 1.807) is 0 Å². The highest BCUT2D eigenvalue weighted by atomic mass is 16.5. The first-order valence-corrected chi connectivity index (χ1v) is 9.89. The minimum Gasteiger partial charge on any atom is -0.445 e. The molecule has 2 aromatic carbocycles. The van der Waals surface area contributed by atoms with Crippen molar-refractivity contribution in [1.82, 2.24) is 10.6 Å². The van der Waals surface area contributed by atoms with Crippen molar-refractivity contribution in [2.45, 2.75) is 58.1 Å². The highest BCUT2D eigenvalue weighted by molar-refractivity contribution is 5.67. The third-order valence-electron chi connectivity index (χ3n) is 4.43. The predicted molar refractivity (Wildman–Crippen MR) is 113 cm³/mol. The number of hydrogen-bond donors (Lipinski definition) is 4. The maximum atomic E-state index is 11.7. The van der Waals surface area contributed by atoms with Crippen molar-refractivity contribution in [3.05, 3.63) is 71.3 Å². The van der Waals surface area contributed by atoms with Crippen molar-refractivity contribution in [1.29, 1.82) is 0 Å². The van der Waals surface area contributed by atoms with Crippen LogP contribution >= 0.6 is 0 Å². The summed E-state index contributed by atoms with van der Waals surface area (Å²) in [5.74, 6) is 0. The van der Waals surface area contributed by atoms with Gasteiger partial charge in [0.2, 0.25) is 0 Å². The number of nitrogens with one attached hydrogen (secondary N) is 2. The SMILES string of the molecule is CC(C)(C)NCc1ccc(C(O)C(O)CCNC(=O)OCc2ccccc2)cc1. The van der Waals surface area contributed by atoms with Crippen LogP contribution in [0.1, 0.15) is 50.0 Å². The molecule has 4 N–H and O–H groups in total. The molecular formula is C23H32N2O4. The maximum absolute atomic E-state index is 11.7. The fourth-order valence-corrected chi connectivity index (χ4v) is 2.68. The number of benzene rings is 2. The number of ether oxygens (including phenoxy) is 1. The van der Waals surface area contributed by atoms with Gasteiger partial charge in [0.15, 0.2) is 0 Å². The Morgan fingerprint density at radius 1 is 1.00 bits per heavy atom. The van der Waals surface area contributed by atoms with Gasteiger partial charge in [-0.1, -0.05) is 54.6 Å². The van der Waals surface area contributed by atoms with Crippen LogP contribution in [0.5, 0.6) is 0 Å². The third kappa shape index (κ3) is 8.64. The number of rotatable bonds is 9. The Morgan fingerprint density at radius 2 is 1.66 bits per heavy atom. The fourth-order valence-electron chi connectivity index (χ4n) is 2.68. The summed E-state index contributed by atoms with van der Waals surface area (Å²) in [7, 11) is 0. The Kier molecular flexibility index (Phi) is 8.64. The number of hydrogen-bond acceptors (Lipinski definition) is 5. The molecule has 2 unspecified atom stereocenters. The molecule has 0 saturated heterocycles. The van der Waals surface area contributed by atoms with Crippen LogP contribution in [0.4, 0.5) is 4.79 Å². The van der Waals surface area contributed by atoms with E-state index in [9.17, 15) is 15.0 Å². The van der Waals surface area contributed by atoms with Gasteiger partial charge in [0.05, 0.1) is 6.10 Å². The molecule has 0 fully saturated rings. The zero-order chi connectivity index (χ0) is 21.3. The molecule has 0 radical (unpaired) electrons. The standard InChI is InChI=1S/C23H32N2O4/c1-23(2,3)25-15-17-9-11-19(12-10-17)21(27)20(26)13-14-24-22(28)29-16-18-7-5-4-6-8-18/h4-12,20-21,25-27H,13-16H2,1-3H3,(H,24,28). The van der Waals surface area contributed by atoms with E-state index in [4.69, 9.17) is 4.74 Å². The van der Waals surface area contributed by atoms with Crippen LogP contribution in [-0.2, 0) is 17.9 Å². The van der Waals surface area contributed by atoms with Crippen molar-refractivity contribution in [3.63, 3.8) is 0 Å². The molecule has 0 aliphatic heterocycles. The largest absolute Gasteiger partial charge is 0.445 e. The van der Waals surface area contributed by atoms with Gasteiger partial charge in [-0.3, -0.25) is 0 Å². The topological polar surface area (TPSA) is 90.8 Å². The lowest BCUT2D eigenvalue weighted by Gasteiger charge is -2.21. The van der Waals surface area contributed by atoms with E-state index in [-0.39, 0.29) is 25.1 Å².